The summed E-state index contributed by atoms with van der Waals surface area (Å²) in [4.78, 5) is 37.3. The standard InChI is InChI=1S/C18H20BrN3O3S/c1-10(2)15(20-16(23)12-6-4-5-11(3)9-12)18(25)22-21-17(24)13-7-8-14(19)26-13/h4-10,15H,1-3H3,(H,20,23)(H,21,24)(H,22,25)/t15-/m0/s1. The van der Waals surface area contributed by atoms with E-state index in [1.54, 1.807) is 30.3 Å². The van der Waals surface area contributed by atoms with Gasteiger partial charge in [-0.15, -0.1) is 11.3 Å². The number of aryl methyl sites for hydroxylation is 1. The van der Waals surface area contributed by atoms with E-state index in [1.807, 2.05) is 26.8 Å². The molecule has 1 aromatic heterocycles. The quantitative estimate of drug-likeness (QED) is 0.628. The van der Waals surface area contributed by atoms with Crippen LogP contribution in [0.25, 0.3) is 0 Å². The fourth-order valence-corrected chi connectivity index (χ4v) is 3.52. The van der Waals surface area contributed by atoms with E-state index in [9.17, 15) is 14.4 Å². The lowest BCUT2D eigenvalue weighted by molar-refractivity contribution is -0.124. The van der Waals surface area contributed by atoms with Crippen molar-refractivity contribution in [1.29, 1.82) is 0 Å². The van der Waals surface area contributed by atoms with E-state index in [4.69, 9.17) is 0 Å². The minimum atomic E-state index is -0.779. The molecule has 8 heteroatoms. The summed E-state index contributed by atoms with van der Waals surface area (Å²) in [6.45, 7) is 5.53. The number of amides is 3. The molecule has 2 rings (SSSR count). The molecule has 0 aliphatic heterocycles. The first-order valence-corrected chi connectivity index (χ1v) is 9.62. The van der Waals surface area contributed by atoms with E-state index >= 15 is 0 Å². The van der Waals surface area contributed by atoms with Crippen LogP contribution in [0.4, 0.5) is 0 Å². The summed E-state index contributed by atoms with van der Waals surface area (Å²) in [5.41, 5.74) is 6.19. The zero-order valence-corrected chi connectivity index (χ0v) is 17.0. The van der Waals surface area contributed by atoms with Crippen molar-refractivity contribution in [1.82, 2.24) is 16.2 Å². The van der Waals surface area contributed by atoms with Crippen molar-refractivity contribution >= 4 is 45.0 Å². The number of hydrazine groups is 1. The normalized spacial score (nSPS) is 11.7. The number of nitrogens with one attached hydrogen (secondary N) is 3. The van der Waals surface area contributed by atoms with E-state index in [2.05, 4.69) is 32.1 Å². The van der Waals surface area contributed by atoms with Gasteiger partial charge in [0, 0.05) is 5.56 Å². The van der Waals surface area contributed by atoms with Gasteiger partial charge >= 0.3 is 0 Å². The van der Waals surface area contributed by atoms with Gasteiger partial charge in [-0.05, 0) is 53.0 Å². The highest BCUT2D eigenvalue weighted by Gasteiger charge is 2.25. The van der Waals surface area contributed by atoms with Crippen LogP contribution < -0.4 is 16.2 Å². The van der Waals surface area contributed by atoms with Crippen molar-refractivity contribution in [3.63, 3.8) is 0 Å². The minimum absolute atomic E-state index is 0.156. The lowest BCUT2D eigenvalue weighted by atomic mass is 10.0. The SMILES string of the molecule is Cc1cccc(C(=O)N[C@H](C(=O)NNC(=O)c2ccc(Br)s2)C(C)C)c1. The number of thiophene rings is 1. The highest BCUT2D eigenvalue weighted by atomic mass is 79.9. The van der Waals surface area contributed by atoms with E-state index in [-0.39, 0.29) is 11.8 Å². The Morgan fingerprint density at radius 3 is 2.35 bits per heavy atom. The Morgan fingerprint density at radius 2 is 1.77 bits per heavy atom. The second-order valence-corrected chi connectivity index (χ2v) is 8.57. The summed E-state index contributed by atoms with van der Waals surface area (Å²) in [5, 5.41) is 2.72. The third-order valence-corrected chi connectivity index (χ3v) is 5.23. The summed E-state index contributed by atoms with van der Waals surface area (Å²) >= 11 is 4.54. The van der Waals surface area contributed by atoms with Crippen LogP contribution in [-0.4, -0.2) is 23.8 Å². The number of benzene rings is 1. The largest absolute Gasteiger partial charge is 0.340 e. The zero-order chi connectivity index (χ0) is 19.3. The van der Waals surface area contributed by atoms with Gasteiger partial charge in [-0.3, -0.25) is 25.2 Å². The maximum Gasteiger partial charge on any atom is 0.279 e. The van der Waals surface area contributed by atoms with E-state index < -0.39 is 17.9 Å². The van der Waals surface area contributed by atoms with Crippen LogP contribution in [-0.2, 0) is 4.79 Å². The highest BCUT2D eigenvalue weighted by molar-refractivity contribution is 9.11. The van der Waals surface area contributed by atoms with E-state index in [1.165, 1.54) is 11.3 Å². The van der Waals surface area contributed by atoms with Crippen molar-refractivity contribution < 1.29 is 14.4 Å². The monoisotopic (exact) mass is 437 g/mol. The Bertz CT molecular complexity index is 820. The molecule has 1 aromatic carbocycles. The molecule has 0 unspecified atom stereocenters. The maximum absolute atomic E-state index is 12.4. The van der Waals surface area contributed by atoms with Gasteiger partial charge in [0.25, 0.3) is 17.7 Å². The molecular weight excluding hydrogens is 418 g/mol. The second kappa shape index (κ2) is 8.95. The molecule has 26 heavy (non-hydrogen) atoms. The fourth-order valence-electron chi connectivity index (χ4n) is 2.24. The number of rotatable bonds is 5. The molecule has 0 aliphatic rings. The molecular formula is C18H20BrN3O3S. The smallest absolute Gasteiger partial charge is 0.279 e. The molecule has 1 heterocycles. The highest BCUT2D eigenvalue weighted by Crippen LogP contribution is 2.21. The van der Waals surface area contributed by atoms with E-state index in [0.29, 0.717) is 10.4 Å². The number of halogens is 1. The third-order valence-electron chi connectivity index (χ3n) is 3.61. The van der Waals surface area contributed by atoms with Gasteiger partial charge in [0.15, 0.2) is 0 Å². The summed E-state index contributed by atoms with van der Waals surface area (Å²) in [5.74, 6) is -1.39. The van der Waals surface area contributed by atoms with Crippen molar-refractivity contribution in [2.24, 2.45) is 5.92 Å². The maximum atomic E-state index is 12.4. The molecule has 3 N–H and O–H groups in total. The molecule has 138 valence electrons. The lowest BCUT2D eigenvalue weighted by Gasteiger charge is -2.21. The molecule has 0 fully saturated rings. The first kappa shape index (κ1) is 20.1. The lowest BCUT2D eigenvalue weighted by Crippen LogP contribution is -2.54. The number of hydrogen-bond acceptors (Lipinski definition) is 4. The van der Waals surface area contributed by atoms with Gasteiger partial charge in [0.05, 0.1) is 8.66 Å². The Kier molecular flexibility index (Phi) is 6.93. The molecule has 3 amide bonds. The molecule has 0 saturated carbocycles. The third kappa shape index (κ3) is 5.40. The van der Waals surface area contributed by atoms with Crippen molar-refractivity contribution in [2.45, 2.75) is 26.8 Å². The predicted octanol–water partition coefficient (Wildman–Crippen LogP) is 3.03. The zero-order valence-electron chi connectivity index (χ0n) is 14.6. The molecule has 0 bridgehead atoms. The van der Waals surface area contributed by atoms with Crippen LogP contribution in [0.3, 0.4) is 0 Å². The number of carbonyl (C=O) groups excluding carboxylic acids is 3. The summed E-state index contributed by atoms with van der Waals surface area (Å²) in [6.07, 6.45) is 0. The van der Waals surface area contributed by atoms with Crippen molar-refractivity contribution in [3.8, 4) is 0 Å². The van der Waals surface area contributed by atoms with Gasteiger partial charge < -0.3 is 5.32 Å². The predicted molar refractivity (Wildman–Crippen MR) is 105 cm³/mol. The van der Waals surface area contributed by atoms with Crippen LogP contribution in [0.15, 0.2) is 40.2 Å². The van der Waals surface area contributed by atoms with Crippen molar-refractivity contribution in [2.75, 3.05) is 0 Å². The van der Waals surface area contributed by atoms with E-state index in [0.717, 1.165) is 9.35 Å². The minimum Gasteiger partial charge on any atom is -0.340 e. The Balaban J connectivity index is 1.98. The van der Waals surface area contributed by atoms with Crippen LogP contribution >= 0.6 is 27.3 Å². The molecule has 0 saturated heterocycles. The molecule has 0 spiro atoms. The topological polar surface area (TPSA) is 87.3 Å². The van der Waals surface area contributed by atoms with Crippen LogP contribution in [0.5, 0.6) is 0 Å². The van der Waals surface area contributed by atoms with Gasteiger partial charge in [0.2, 0.25) is 0 Å². The summed E-state index contributed by atoms with van der Waals surface area (Å²) < 4.78 is 0.819. The van der Waals surface area contributed by atoms with Gasteiger partial charge in [-0.2, -0.15) is 0 Å². The average Bonchev–Trinajstić information content (AvgIpc) is 3.03. The van der Waals surface area contributed by atoms with Crippen LogP contribution in [0, 0.1) is 12.8 Å². The van der Waals surface area contributed by atoms with Gasteiger partial charge in [0.1, 0.15) is 6.04 Å². The van der Waals surface area contributed by atoms with Crippen molar-refractivity contribution in [3.05, 3.63) is 56.2 Å². The van der Waals surface area contributed by atoms with Crippen LogP contribution in [0.1, 0.15) is 39.4 Å². The summed E-state index contributed by atoms with van der Waals surface area (Å²) in [6, 6.07) is 9.74. The van der Waals surface area contributed by atoms with Gasteiger partial charge in [-0.1, -0.05) is 31.5 Å². The summed E-state index contributed by atoms with van der Waals surface area (Å²) in [7, 11) is 0. The molecule has 1 atom stereocenters. The fraction of sp³-hybridized carbons (Fsp3) is 0.278. The average molecular weight is 438 g/mol. The first-order chi connectivity index (χ1) is 12.3. The Labute approximate surface area is 164 Å². The number of hydrogen-bond donors (Lipinski definition) is 3. The first-order valence-electron chi connectivity index (χ1n) is 8.01. The Hall–Kier alpha value is -2.19. The molecule has 0 aliphatic carbocycles. The molecule has 0 radical (unpaired) electrons. The second-order valence-electron chi connectivity index (χ2n) is 6.11. The molecule has 6 nitrogen and oxygen atoms in total. The van der Waals surface area contributed by atoms with Gasteiger partial charge in [-0.25, -0.2) is 0 Å². The Morgan fingerprint density at radius 1 is 1.04 bits per heavy atom. The van der Waals surface area contributed by atoms with Crippen LogP contribution in [0.2, 0.25) is 0 Å². The molecule has 2 aromatic rings. The number of carbonyl (C=O) groups is 3.